The van der Waals surface area contributed by atoms with Gasteiger partial charge in [-0.15, -0.1) is 0 Å². The number of H-pyrrole nitrogens is 1. The van der Waals surface area contributed by atoms with Crippen molar-refractivity contribution < 1.29 is 9.13 Å². The first-order valence-electron chi connectivity index (χ1n) is 3.69. The van der Waals surface area contributed by atoms with E-state index in [-0.39, 0.29) is 11.1 Å². The van der Waals surface area contributed by atoms with Crippen LogP contribution in [0.25, 0.3) is 11.0 Å². The van der Waals surface area contributed by atoms with Crippen molar-refractivity contribution in [1.82, 2.24) is 9.97 Å². The average molecular weight is 181 g/mol. The summed E-state index contributed by atoms with van der Waals surface area (Å²) in [6, 6.07) is 0. The van der Waals surface area contributed by atoms with Gasteiger partial charge >= 0.3 is 0 Å². The predicted octanol–water partition coefficient (Wildman–Crippen LogP) is 1.29. The monoisotopic (exact) mass is 181 g/mol. The number of nitrogens with two attached hydrogens (primary N) is 1. The number of hydrogen-bond acceptors (Lipinski definition) is 3. The van der Waals surface area contributed by atoms with Crippen molar-refractivity contribution in [3.05, 3.63) is 18.2 Å². The first kappa shape index (κ1) is 7.85. The zero-order valence-electron chi connectivity index (χ0n) is 6.97. The summed E-state index contributed by atoms with van der Waals surface area (Å²) in [6.07, 6.45) is 2.81. The topological polar surface area (TPSA) is 63.9 Å². The normalized spacial score (nSPS) is 10.6. The Kier molecular flexibility index (Phi) is 1.58. The summed E-state index contributed by atoms with van der Waals surface area (Å²) in [6.45, 7) is 0. The van der Waals surface area contributed by atoms with Crippen LogP contribution in [0.4, 0.5) is 10.1 Å². The van der Waals surface area contributed by atoms with Gasteiger partial charge in [0, 0.05) is 6.20 Å². The molecule has 2 heterocycles. The minimum Gasteiger partial charge on any atom is -0.492 e. The lowest BCUT2D eigenvalue weighted by molar-refractivity contribution is 0.387. The van der Waals surface area contributed by atoms with Gasteiger partial charge in [-0.05, 0) is 0 Å². The Morgan fingerprint density at radius 3 is 3.08 bits per heavy atom. The molecule has 0 radical (unpaired) electrons. The molecule has 13 heavy (non-hydrogen) atoms. The van der Waals surface area contributed by atoms with Crippen LogP contribution in [0.5, 0.6) is 5.75 Å². The number of nitrogens with zero attached hydrogens (tertiary/aromatic N) is 1. The fourth-order valence-electron chi connectivity index (χ4n) is 1.21. The minimum absolute atomic E-state index is 0.0961. The first-order chi connectivity index (χ1) is 6.24. The van der Waals surface area contributed by atoms with Gasteiger partial charge in [-0.1, -0.05) is 0 Å². The Balaban J connectivity index is 2.83. The van der Waals surface area contributed by atoms with Crippen LogP contribution in [0.2, 0.25) is 0 Å². The molecule has 0 aromatic carbocycles. The molecule has 68 valence electrons. The molecule has 0 aliphatic heterocycles. The van der Waals surface area contributed by atoms with E-state index in [1.165, 1.54) is 19.5 Å². The van der Waals surface area contributed by atoms with E-state index >= 15 is 0 Å². The van der Waals surface area contributed by atoms with Crippen LogP contribution < -0.4 is 10.5 Å². The zero-order chi connectivity index (χ0) is 9.42. The van der Waals surface area contributed by atoms with Crippen molar-refractivity contribution in [2.45, 2.75) is 0 Å². The molecule has 4 nitrogen and oxygen atoms in total. The summed E-state index contributed by atoms with van der Waals surface area (Å²) in [5.41, 5.74) is 6.29. The number of aromatic nitrogens is 2. The Morgan fingerprint density at radius 2 is 2.38 bits per heavy atom. The molecule has 0 saturated heterocycles. The minimum atomic E-state index is -0.480. The molecule has 0 fully saturated rings. The summed E-state index contributed by atoms with van der Waals surface area (Å²) >= 11 is 0. The second-order valence-corrected chi connectivity index (χ2v) is 2.61. The second kappa shape index (κ2) is 2.62. The highest BCUT2D eigenvalue weighted by Crippen LogP contribution is 2.27. The highest BCUT2D eigenvalue weighted by molar-refractivity contribution is 5.90. The Hall–Kier alpha value is -1.78. The maximum Gasteiger partial charge on any atom is 0.179 e. The lowest BCUT2D eigenvalue weighted by Gasteiger charge is -2.01. The average Bonchev–Trinajstić information content (AvgIpc) is 2.49. The highest BCUT2D eigenvalue weighted by Gasteiger charge is 2.12. The van der Waals surface area contributed by atoms with E-state index in [1.54, 1.807) is 0 Å². The number of ether oxygens (including phenoxy) is 1. The van der Waals surface area contributed by atoms with Gasteiger partial charge in [-0.3, -0.25) is 0 Å². The number of nitrogens with one attached hydrogen (secondary N) is 1. The van der Waals surface area contributed by atoms with Gasteiger partial charge in [0.1, 0.15) is 5.65 Å². The summed E-state index contributed by atoms with van der Waals surface area (Å²) in [4.78, 5) is 6.68. The number of fused-ring (bicyclic) bond motifs is 1. The quantitative estimate of drug-likeness (QED) is 0.696. The lowest BCUT2D eigenvalue weighted by Crippen LogP contribution is -1.92. The Labute approximate surface area is 73.5 Å². The molecular formula is C8H8FN3O. The molecule has 5 heteroatoms. The highest BCUT2D eigenvalue weighted by atomic mass is 19.1. The Morgan fingerprint density at radius 1 is 1.62 bits per heavy atom. The molecule has 0 aliphatic carbocycles. The van der Waals surface area contributed by atoms with E-state index in [0.717, 1.165) is 0 Å². The molecule has 0 spiro atoms. The number of hydrogen-bond donors (Lipinski definition) is 2. The van der Waals surface area contributed by atoms with Gasteiger partial charge in [-0.2, -0.15) is 0 Å². The van der Waals surface area contributed by atoms with Gasteiger partial charge in [0.05, 0.1) is 24.4 Å². The third kappa shape index (κ3) is 1.00. The van der Waals surface area contributed by atoms with Gasteiger partial charge in [0.25, 0.3) is 0 Å². The van der Waals surface area contributed by atoms with Crippen LogP contribution >= 0.6 is 0 Å². The van der Waals surface area contributed by atoms with Crippen molar-refractivity contribution in [1.29, 1.82) is 0 Å². The van der Waals surface area contributed by atoms with Crippen LogP contribution in [0.15, 0.2) is 12.4 Å². The van der Waals surface area contributed by atoms with E-state index in [9.17, 15) is 4.39 Å². The van der Waals surface area contributed by atoms with Crippen molar-refractivity contribution in [2.75, 3.05) is 12.8 Å². The molecule has 0 amide bonds. The number of pyridine rings is 1. The second-order valence-electron chi connectivity index (χ2n) is 2.61. The molecule has 0 unspecified atom stereocenters. The van der Waals surface area contributed by atoms with Crippen molar-refractivity contribution in [3.8, 4) is 5.75 Å². The fraction of sp³-hybridized carbons (Fsp3) is 0.125. The molecule has 0 bridgehead atoms. The summed E-state index contributed by atoms with van der Waals surface area (Å²) in [5, 5.41) is 0.277. The summed E-state index contributed by atoms with van der Waals surface area (Å²) < 4.78 is 18.3. The molecule has 0 saturated carbocycles. The predicted molar refractivity (Wildman–Crippen MR) is 47.0 cm³/mol. The van der Waals surface area contributed by atoms with Gasteiger partial charge in [-0.25, -0.2) is 9.37 Å². The third-order valence-electron chi connectivity index (χ3n) is 1.86. The maximum absolute atomic E-state index is 13.5. The number of methoxy groups -OCH3 is 1. The van der Waals surface area contributed by atoms with E-state index < -0.39 is 5.82 Å². The number of rotatable bonds is 1. The summed E-state index contributed by atoms with van der Waals surface area (Å²) in [7, 11) is 1.38. The molecule has 0 atom stereocenters. The maximum atomic E-state index is 13.5. The van der Waals surface area contributed by atoms with Crippen molar-refractivity contribution in [3.63, 3.8) is 0 Å². The van der Waals surface area contributed by atoms with E-state index in [0.29, 0.717) is 11.3 Å². The number of anilines is 1. The fourth-order valence-corrected chi connectivity index (χ4v) is 1.21. The zero-order valence-corrected chi connectivity index (χ0v) is 6.97. The summed E-state index contributed by atoms with van der Waals surface area (Å²) in [5.74, 6) is -0.384. The van der Waals surface area contributed by atoms with Crippen LogP contribution in [0.1, 0.15) is 0 Å². The van der Waals surface area contributed by atoms with Crippen LogP contribution in [-0.4, -0.2) is 17.1 Å². The molecule has 0 aliphatic rings. The lowest BCUT2D eigenvalue weighted by atomic mass is 10.3. The van der Waals surface area contributed by atoms with E-state index in [4.69, 9.17) is 10.5 Å². The third-order valence-corrected chi connectivity index (χ3v) is 1.86. The van der Waals surface area contributed by atoms with Crippen LogP contribution in [0, 0.1) is 5.82 Å². The molecule has 3 N–H and O–H groups in total. The first-order valence-corrected chi connectivity index (χ1v) is 3.69. The van der Waals surface area contributed by atoms with Crippen molar-refractivity contribution >= 4 is 16.7 Å². The van der Waals surface area contributed by atoms with Crippen LogP contribution in [-0.2, 0) is 0 Å². The van der Waals surface area contributed by atoms with Gasteiger partial charge in [0.2, 0.25) is 0 Å². The van der Waals surface area contributed by atoms with Gasteiger partial charge in [0.15, 0.2) is 11.6 Å². The van der Waals surface area contributed by atoms with Crippen LogP contribution in [0.3, 0.4) is 0 Å². The number of nitrogen functional groups attached to an aromatic ring is 1. The largest absolute Gasteiger partial charge is 0.492 e. The molecule has 2 rings (SSSR count). The smallest absolute Gasteiger partial charge is 0.179 e. The standard InChI is InChI=1S/C8H8FN3O/c1-13-5-3-12-8-6(7(5)9)4(10)2-11-8/h2-3H,10H2,1H3,(H,11,12). The molecule has 2 aromatic heterocycles. The number of halogens is 1. The van der Waals surface area contributed by atoms with Crippen molar-refractivity contribution in [2.24, 2.45) is 0 Å². The molecule has 2 aromatic rings. The Bertz CT molecular complexity index is 452. The molecular weight excluding hydrogens is 173 g/mol. The number of aromatic amines is 1. The van der Waals surface area contributed by atoms with E-state index in [2.05, 4.69) is 9.97 Å². The van der Waals surface area contributed by atoms with E-state index in [1.807, 2.05) is 0 Å². The SMILES string of the molecule is COc1cnc2[nH]cc(N)c2c1F. The van der Waals surface area contributed by atoms with Gasteiger partial charge < -0.3 is 15.5 Å².